The molecule has 1 aromatic carbocycles. The van der Waals surface area contributed by atoms with Crippen LogP contribution in [0.1, 0.15) is 43.6 Å². The number of nitrogens with one attached hydrogen (secondary N) is 1. The second-order valence-electron chi connectivity index (χ2n) is 5.69. The number of amides is 1. The fourth-order valence-electron chi connectivity index (χ4n) is 2.73. The van der Waals surface area contributed by atoms with E-state index in [0.29, 0.717) is 19.6 Å². The van der Waals surface area contributed by atoms with Crippen molar-refractivity contribution in [3.63, 3.8) is 0 Å². The third-order valence-electron chi connectivity index (χ3n) is 3.90. The van der Waals surface area contributed by atoms with E-state index in [0.717, 1.165) is 17.1 Å². The number of hydrogen-bond donors (Lipinski definition) is 1. The van der Waals surface area contributed by atoms with Gasteiger partial charge < -0.3 is 14.6 Å². The molecule has 0 fully saturated rings. The normalized spacial score (nSPS) is 17.0. The molecule has 1 atom stereocenters. The predicted molar refractivity (Wildman–Crippen MR) is 81.5 cm³/mol. The van der Waals surface area contributed by atoms with Crippen molar-refractivity contribution in [3.8, 4) is 5.75 Å². The lowest BCUT2D eigenvalue weighted by Crippen LogP contribution is -2.32. The zero-order valence-electron chi connectivity index (χ0n) is 12.8. The Morgan fingerprint density at radius 1 is 1.45 bits per heavy atom. The van der Waals surface area contributed by atoms with E-state index in [1.165, 1.54) is 0 Å². The third kappa shape index (κ3) is 2.81. The molecule has 6 heteroatoms. The molecule has 1 aliphatic heterocycles. The van der Waals surface area contributed by atoms with Crippen LogP contribution in [-0.2, 0) is 11.3 Å². The molecule has 0 bridgehead atoms. The van der Waals surface area contributed by atoms with Gasteiger partial charge in [-0.15, -0.1) is 10.2 Å². The molecule has 1 N–H and O–H groups in total. The minimum Gasteiger partial charge on any atom is -0.493 e. The molecule has 1 amide bonds. The quantitative estimate of drug-likeness (QED) is 0.938. The van der Waals surface area contributed by atoms with Crippen LogP contribution in [-0.4, -0.2) is 27.3 Å². The number of benzene rings is 1. The number of para-hydroxylation sites is 1. The van der Waals surface area contributed by atoms with Crippen LogP contribution in [0.15, 0.2) is 30.6 Å². The van der Waals surface area contributed by atoms with E-state index in [1.54, 1.807) is 6.33 Å². The number of carbonyl (C=O) groups is 1. The van der Waals surface area contributed by atoms with Crippen LogP contribution in [0.2, 0.25) is 0 Å². The summed E-state index contributed by atoms with van der Waals surface area (Å²) in [6, 6.07) is 7.98. The minimum atomic E-state index is -0.166. The smallest absolute Gasteiger partial charge is 0.228 e. The summed E-state index contributed by atoms with van der Waals surface area (Å²) >= 11 is 0. The largest absolute Gasteiger partial charge is 0.493 e. The maximum absolute atomic E-state index is 12.5. The first-order valence-electron chi connectivity index (χ1n) is 7.54. The van der Waals surface area contributed by atoms with Gasteiger partial charge in [-0.1, -0.05) is 18.2 Å². The first kappa shape index (κ1) is 14.6. The number of carbonyl (C=O) groups excluding carboxylic acids is 1. The molecule has 3 rings (SSSR count). The fraction of sp³-hybridized carbons (Fsp3) is 0.438. The lowest BCUT2D eigenvalue weighted by Gasteiger charge is -2.25. The molecule has 0 spiro atoms. The van der Waals surface area contributed by atoms with Crippen molar-refractivity contribution >= 4 is 5.91 Å². The number of aromatic nitrogens is 3. The van der Waals surface area contributed by atoms with Crippen LogP contribution in [0.4, 0.5) is 0 Å². The van der Waals surface area contributed by atoms with Crippen LogP contribution >= 0.6 is 0 Å². The summed E-state index contributed by atoms with van der Waals surface area (Å²) in [5, 5.41) is 11.0. The van der Waals surface area contributed by atoms with E-state index in [2.05, 4.69) is 29.4 Å². The van der Waals surface area contributed by atoms with Crippen molar-refractivity contribution in [2.45, 2.75) is 38.8 Å². The van der Waals surface area contributed by atoms with E-state index in [4.69, 9.17) is 4.74 Å². The van der Waals surface area contributed by atoms with Crippen LogP contribution in [0.3, 0.4) is 0 Å². The first-order chi connectivity index (χ1) is 10.7. The molecule has 116 valence electrons. The maximum Gasteiger partial charge on any atom is 0.228 e. The average molecular weight is 300 g/mol. The molecule has 0 saturated carbocycles. The molecule has 1 aromatic heterocycles. The van der Waals surface area contributed by atoms with Gasteiger partial charge in [-0.2, -0.15) is 0 Å². The minimum absolute atomic E-state index is 0.00839. The Kier molecular flexibility index (Phi) is 4.09. The highest BCUT2D eigenvalue weighted by molar-refractivity contribution is 5.84. The fourth-order valence-corrected chi connectivity index (χ4v) is 2.73. The summed E-state index contributed by atoms with van der Waals surface area (Å²) in [5.74, 6) is 1.41. The number of rotatable bonds is 4. The van der Waals surface area contributed by atoms with Gasteiger partial charge in [0.2, 0.25) is 5.91 Å². The number of nitrogens with zero attached hydrogens (tertiary/aromatic N) is 3. The topological polar surface area (TPSA) is 69.0 Å². The highest BCUT2D eigenvalue weighted by Crippen LogP contribution is 2.33. The van der Waals surface area contributed by atoms with Crippen molar-refractivity contribution in [3.05, 3.63) is 42.0 Å². The number of hydrogen-bond acceptors (Lipinski definition) is 4. The van der Waals surface area contributed by atoms with Crippen LogP contribution in [0.5, 0.6) is 5.75 Å². The summed E-state index contributed by atoms with van der Waals surface area (Å²) in [6.07, 6.45) is 2.38. The molecule has 0 saturated heterocycles. The molecule has 0 aliphatic carbocycles. The first-order valence-corrected chi connectivity index (χ1v) is 7.54. The van der Waals surface area contributed by atoms with Gasteiger partial charge in [0.1, 0.15) is 12.1 Å². The zero-order chi connectivity index (χ0) is 15.5. The number of fused-ring (bicyclic) bond motifs is 1. The monoisotopic (exact) mass is 300 g/mol. The van der Waals surface area contributed by atoms with Gasteiger partial charge in [-0.25, -0.2) is 0 Å². The second-order valence-corrected chi connectivity index (χ2v) is 5.69. The van der Waals surface area contributed by atoms with E-state index in [9.17, 15) is 4.79 Å². The second kappa shape index (κ2) is 6.17. The van der Waals surface area contributed by atoms with Gasteiger partial charge >= 0.3 is 0 Å². The van der Waals surface area contributed by atoms with Crippen LogP contribution < -0.4 is 10.1 Å². The standard InChI is InChI=1S/C16H20N4O2/c1-11(2)20-10-18-19-15(20)9-17-16(21)13-7-8-22-14-6-4-3-5-12(13)14/h3-6,10-11,13H,7-9H2,1-2H3,(H,17,21). The van der Waals surface area contributed by atoms with E-state index >= 15 is 0 Å². The van der Waals surface area contributed by atoms with Crippen molar-refractivity contribution in [1.82, 2.24) is 20.1 Å². The Hall–Kier alpha value is -2.37. The Morgan fingerprint density at radius 2 is 2.27 bits per heavy atom. The third-order valence-corrected chi connectivity index (χ3v) is 3.90. The maximum atomic E-state index is 12.5. The number of ether oxygens (including phenoxy) is 1. The van der Waals surface area contributed by atoms with E-state index in [1.807, 2.05) is 28.8 Å². The molecule has 2 aromatic rings. The van der Waals surface area contributed by atoms with Gasteiger partial charge in [0, 0.05) is 11.6 Å². The molecule has 1 unspecified atom stereocenters. The Bertz CT molecular complexity index is 666. The highest BCUT2D eigenvalue weighted by Gasteiger charge is 2.27. The molecular weight excluding hydrogens is 280 g/mol. The molecule has 0 radical (unpaired) electrons. The zero-order valence-corrected chi connectivity index (χ0v) is 12.8. The van der Waals surface area contributed by atoms with E-state index < -0.39 is 0 Å². The lowest BCUT2D eigenvalue weighted by molar-refractivity contribution is -0.123. The van der Waals surface area contributed by atoms with Crippen molar-refractivity contribution in [1.29, 1.82) is 0 Å². The summed E-state index contributed by atoms with van der Waals surface area (Å²) in [6.45, 7) is 5.07. The average Bonchev–Trinajstić information content (AvgIpc) is 3.01. The molecule has 1 aliphatic rings. The van der Waals surface area contributed by atoms with Gasteiger partial charge in [-0.05, 0) is 26.3 Å². The molecular formula is C16H20N4O2. The van der Waals surface area contributed by atoms with Crippen LogP contribution in [0.25, 0.3) is 0 Å². The molecule has 22 heavy (non-hydrogen) atoms. The van der Waals surface area contributed by atoms with Gasteiger partial charge in [0.15, 0.2) is 5.82 Å². The van der Waals surface area contributed by atoms with Crippen molar-refractivity contribution < 1.29 is 9.53 Å². The summed E-state index contributed by atoms with van der Waals surface area (Å²) in [4.78, 5) is 12.5. The molecule has 2 heterocycles. The van der Waals surface area contributed by atoms with Gasteiger partial charge in [0.25, 0.3) is 0 Å². The predicted octanol–water partition coefficient (Wildman–Crippen LogP) is 2.04. The summed E-state index contributed by atoms with van der Waals surface area (Å²) in [7, 11) is 0. The van der Waals surface area contributed by atoms with Gasteiger partial charge in [-0.3, -0.25) is 4.79 Å². The van der Waals surface area contributed by atoms with E-state index in [-0.39, 0.29) is 17.9 Å². The highest BCUT2D eigenvalue weighted by atomic mass is 16.5. The lowest BCUT2D eigenvalue weighted by atomic mass is 9.92. The van der Waals surface area contributed by atoms with Gasteiger partial charge in [0.05, 0.1) is 19.1 Å². The van der Waals surface area contributed by atoms with Crippen molar-refractivity contribution in [2.75, 3.05) is 6.61 Å². The Labute approximate surface area is 129 Å². The molecule has 6 nitrogen and oxygen atoms in total. The summed E-state index contributed by atoms with van der Waals surface area (Å²) in [5.41, 5.74) is 0.955. The van der Waals surface area contributed by atoms with Crippen molar-refractivity contribution in [2.24, 2.45) is 0 Å². The Balaban J connectivity index is 1.69. The Morgan fingerprint density at radius 3 is 3.09 bits per heavy atom. The SMILES string of the molecule is CC(C)n1cnnc1CNC(=O)C1CCOc2ccccc21. The van der Waals surface area contributed by atoms with Crippen LogP contribution in [0, 0.1) is 0 Å². The summed E-state index contributed by atoms with van der Waals surface area (Å²) < 4.78 is 7.55.